The largest absolute Gasteiger partial charge is 0.379 e. The minimum Gasteiger partial charge on any atom is -0.379 e. The topological polar surface area (TPSA) is 48.9 Å². The summed E-state index contributed by atoms with van der Waals surface area (Å²) in [4.78, 5) is 7.27. The lowest BCUT2D eigenvalue weighted by atomic mass is 9.83. The first-order valence-corrected chi connectivity index (χ1v) is 9.53. The van der Waals surface area contributed by atoms with Gasteiger partial charge in [-0.2, -0.15) is 0 Å². The number of rotatable bonds is 6. The molecule has 0 aromatic heterocycles. The van der Waals surface area contributed by atoms with Crippen LogP contribution in [-0.4, -0.2) is 62.8 Å². The van der Waals surface area contributed by atoms with Gasteiger partial charge in [-0.25, -0.2) is 0 Å². The van der Waals surface area contributed by atoms with Gasteiger partial charge in [-0.1, -0.05) is 19.8 Å². The molecule has 5 heteroatoms. The van der Waals surface area contributed by atoms with E-state index in [0.29, 0.717) is 6.04 Å². The molecule has 0 amide bonds. The van der Waals surface area contributed by atoms with E-state index in [2.05, 4.69) is 36.3 Å². The van der Waals surface area contributed by atoms with Gasteiger partial charge in [0.1, 0.15) is 0 Å². The smallest absolute Gasteiger partial charge is 0.191 e. The van der Waals surface area contributed by atoms with Gasteiger partial charge in [0.15, 0.2) is 5.96 Å². The Morgan fingerprint density at radius 1 is 1.17 bits per heavy atom. The fourth-order valence-electron chi connectivity index (χ4n) is 3.47. The second-order valence-electron chi connectivity index (χ2n) is 7.22. The first-order chi connectivity index (χ1) is 11.2. The van der Waals surface area contributed by atoms with Crippen LogP contribution in [0.4, 0.5) is 0 Å². The normalized spacial score (nSPS) is 28.4. The second-order valence-corrected chi connectivity index (χ2v) is 7.22. The molecule has 2 fully saturated rings. The van der Waals surface area contributed by atoms with E-state index in [1.54, 1.807) is 0 Å². The summed E-state index contributed by atoms with van der Waals surface area (Å²) in [5, 5.41) is 6.94. The van der Waals surface area contributed by atoms with Gasteiger partial charge in [0.05, 0.1) is 19.8 Å². The summed E-state index contributed by atoms with van der Waals surface area (Å²) in [5.41, 5.74) is 0. The van der Waals surface area contributed by atoms with E-state index in [0.717, 1.165) is 63.7 Å². The zero-order valence-electron chi connectivity index (χ0n) is 15.3. The van der Waals surface area contributed by atoms with E-state index in [4.69, 9.17) is 9.73 Å². The summed E-state index contributed by atoms with van der Waals surface area (Å²) in [7, 11) is 0. The van der Waals surface area contributed by atoms with Gasteiger partial charge >= 0.3 is 0 Å². The van der Waals surface area contributed by atoms with Gasteiger partial charge in [-0.05, 0) is 38.5 Å². The quantitative estimate of drug-likeness (QED) is 0.580. The van der Waals surface area contributed by atoms with Gasteiger partial charge in [0, 0.05) is 32.2 Å². The van der Waals surface area contributed by atoms with Crippen molar-refractivity contribution in [2.24, 2.45) is 16.8 Å². The molecule has 2 rings (SSSR count). The number of hydrogen-bond donors (Lipinski definition) is 2. The highest BCUT2D eigenvalue weighted by Crippen LogP contribution is 2.27. The first-order valence-electron chi connectivity index (χ1n) is 9.53. The average Bonchev–Trinajstić information content (AvgIpc) is 2.59. The van der Waals surface area contributed by atoms with E-state index >= 15 is 0 Å². The third-order valence-electron chi connectivity index (χ3n) is 5.22. The van der Waals surface area contributed by atoms with Gasteiger partial charge in [-0.3, -0.25) is 9.89 Å². The molecule has 5 nitrogen and oxygen atoms in total. The number of aliphatic imine (C=N–C) groups is 1. The van der Waals surface area contributed by atoms with Gasteiger partial charge in [0.25, 0.3) is 0 Å². The van der Waals surface area contributed by atoms with Crippen molar-refractivity contribution in [3.05, 3.63) is 0 Å². The molecule has 0 aromatic carbocycles. The Kier molecular flexibility index (Phi) is 8.17. The Morgan fingerprint density at radius 3 is 2.52 bits per heavy atom. The Hall–Kier alpha value is -0.810. The zero-order valence-corrected chi connectivity index (χ0v) is 15.3. The predicted molar refractivity (Wildman–Crippen MR) is 97.0 cm³/mol. The average molecular weight is 325 g/mol. The van der Waals surface area contributed by atoms with Crippen LogP contribution < -0.4 is 10.6 Å². The highest BCUT2D eigenvalue weighted by molar-refractivity contribution is 5.79. The lowest BCUT2D eigenvalue weighted by Gasteiger charge is -2.31. The summed E-state index contributed by atoms with van der Waals surface area (Å²) < 4.78 is 5.43. The fourth-order valence-corrected chi connectivity index (χ4v) is 3.47. The molecule has 1 heterocycles. The molecule has 1 unspecified atom stereocenters. The maximum Gasteiger partial charge on any atom is 0.191 e. The van der Waals surface area contributed by atoms with Crippen LogP contribution in [0.2, 0.25) is 0 Å². The van der Waals surface area contributed by atoms with E-state index in [9.17, 15) is 0 Å². The summed E-state index contributed by atoms with van der Waals surface area (Å²) in [6.45, 7) is 13.4. The molecular weight excluding hydrogens is 288 g/mol. The number of guanidine groups is 1. The maximum absolute atomic E-state index is 5.43. The molecular formula is C18H36N4O. The molecule has 0 aromatic rings. The first kappa shape index (κ1) is 18.5. The van der Waals surface area contributed by atoms with Crippen molar-refractivity contribution in [3.63, 3.8) is 0 Å². The molecule has 1 aliphatic heterocycles. The molecule has 0 bridgehead atoms. The lowest BCUT2D eigenvalue weighted by Crippen LogP contribution is -2.45. The van der Waals surface area contributed by atoms with Crippen molar-refractivity contribution in [2.45, 2.75) is 52.5 Å². The highest BCUT2D eigenvalue weighted by Gasteiger charge is 2.19. The Morgan fingerprint density at radius 2 is 1.87 bits per heavy atom. The van der Waals surface area contributed by atoms with Crippen molar-refractivity contribution in [2.75, 3.05) is 45.9 Å². The second kappa shape index (κ2) is 10.1. The van der Waals surface area contributed by atoms with E-state index in [1.807, 2.05) is 0 Å². The SMILES string of the molecule is CCNC(=NCC(C)N1CCOCC1)NCC1CCC(C)CC1. The molecule has 0 spiro atoms. The van der Waals surface area contributed by atoms with Crippen LogP contribution in [0.3, 0.4) is 0 Å². The standard InChI is InChI=1S/C18H36N4O/c1-4-19-18(21-14-17-7-5-15(2)6-8-17)20-13-16(3)22-9-11-23-12-10-22/h15-17H,4-14H2,1-3H3,(H2,19,20,21). The molecule has 2 aliphatic rings. The third-order valence-corrected chi connectivity index (χ3v) is 5.22. The number of ether oxygens (including phenoxy) is 1. The Bertz CT molecular complexity index is 347. The molecule has 2 N–H and O–H groups in total. The van der Waals surface area contributed by atoms with Crippen LogP contribution in [0.15, 0.2) is 4.99 Å². The summed E-state index contributed by atoms with van der Waals surface area (Å²) in [6.07, 6.45) is 5.48. The third kappa shape index (κ3) is 6.68. The van der Waals surface area contributed by atoms with E-state index < -0.39 is 0 Å². The predicted octanol–water partition coefficient (Wildman–Crippen LogP) is 2.09. The minimum atomic E-state index is 0.477. The van der Waals surface area contributed by atoms with Crippen LogP contribution in [0.25, 0.3) is 0 Å². The van der Waals surface area contributed by atoms with Crippen LogP contribution in [0.5, 0.6) is 0 Å². The molecule has 23 heavy (non-hydrogen) atoms. The highest BCUT2D eigenvalue weighted by atomic mass is 16.5. The van der Waals surface area contributed by atoms with E-state index in [-0.39, 0.29) is 0 Å². The maximum atomic E-state index is 5.43. The van der Waals surface area contributed by atoms with Crippen molar-refractivity contribution in [3.8, 4) is 0 Å². The Labute approximate surface area is 142 Å². The number of morpholine rings is 1. The van der Waals surface area contributed by atoms with Crippen LogP contribution in [0.1, 0.15) is 46.5 Å². The summed E-state index contributed by atoms with van der Waals surface area (Å²) >= 11 is 0. The molecule has 1 saturated heterocycles. The zero-order chi connectivity index (χ0) is 16.5. The molecule has 1 aliphatic carbocycles. The van der Waals surface area contributed by atoms with Crippen LogP contribution >= 0.6 is 0 Å². The molecule has 0 radical (unpaired) electrons. The monoisotopic (exact) mass is 324 g/mol. The van der Waals surface area contributed by atoms with Crippen molar-refractivity contribution < 1.29 is 4.74 Å². The van der Waals surface area contributed by atoms with Gasteiger partial charge < -0.3 is 15.4 Å². The lowest BCUT2D eigenvalue weighted by molar-refractivity contribution is 0.0220. The van der Waals surface area contributed by atoms with Gasteiger partial charge in [-0.15, -0.1) is 0 Å². The fraction of sp³-hybridized carbons (Fsp3) is 0.944. The minimum absolute atomic E-state index is 0.477. The summed E-state index contributed by atoms with van der Waals surface area (Å²) in [5.74, 6) is 2.71. The van der Waals surface area contributed by atoms with Crippen LogP contribution in [0, 0.1) is 11.8 Å². The molecule has 1 atom stereocenters. The molecule has 134 valence electrons. The summed E-state index contributed by atoms with van der Waals surface area (Å²) in [6, 6.07) is 0.477. The number of hydrogen-bond acceptors (Lipinski definition) is 3. The van der Waals surface area contributed by atoms with Crippen molar-refractivity contribution in [1.82, 2.24) is 15.5 Å². The van der Waals surface area contributed by atoms with Crippen molar-refractivity contribution in [1.29, 1.82) is 0 Å². The van der Waals surface area contributed by atoms with Crippen molar-refractivity contribution >= 4 is 5.96 Å². The molecule has 1 saturated carbocycles. The number of nitrogens with zero attached hydrogens (tertiary/aromatic N) is 2. The number of nitrogens with one attached hydrogen (secondary N) is 2. The Balaban J connectivity index is 1.74. The van der Waals surface area contributed by atoms with E-state index in [1.165, 1.54) is 25.7 Å². The van der Waals surface area contributed by atoms with Crippen LogP contribution in [-0.2, 0) is 4.74 Å². The van der Waals surface area contributed by atoms with Gasteiger partial charge in [0.2, 0.25) is 0 Å².